The number of likely N-dealkylation sites (tertiary alicyclic amines) is 1. The lowest BCUT2D eigenvalue weighted by molar-refractivity contribution is -0.129. The van der Waals surface area contributed by atoms with Crippen LogP contribution >= 0.6 is 34.9 Å². The fourth-order valence-electron chi connectivity index (χ4n) is 3.38. The molecule has 1 fully saturated rings. The fraction of sp³-hybridized carbons (Fsp3) is 0.450. The van der Waals surface area contributed by atoms with Crippen LogP contribution in [0.4, 0.5) is 0 Å². The summed E-state index contributed by atoms with van der Waals surface area (Å²) >= 11 is 4.63. The summed E-state index contributed by atoms with van der Waals surface area (Å²) in [6.45, 7) is 7.83. The van der Waals surface area contributed by atoms with Crippen LogP contribution in [0.25, 0.3) is 0 Å². The Labute approximate surface area is 183 Å². The minimum absolute atomic E-state index is 0.0926. The second-order valence-electron chi connectivity index (χ2n) is 7.02. The first-order valence-electron chi connectivity index (χ1n) is 9.52. The quantitative estimate of drug-likeness (QED) is 0.457. The van der Waals surface area contributed by atoms with E-state index in [-0.39, 0.29) is 11.9 Å². The minimum atomic E-state index is 0.0926. The molecular weight excluding hydrogens is 426 g/mol. The summed E-state index contributed by atoms with van der Waals surface area (Å²) in [5.74, 6) is 2.90. The molecule has 1 atom stereocenters. The van der Waals surface area contributed by atoms with Gasteiger partial charge in [-0.1, -0.05) is 53.1 Å². The lowest BCUT2D eigenvalue weighted by atomic mass is 10.0. The SMILES string of the molecule is C=C(C)CSc1nnc(SCC(=O)N2CCC[C@@H]2c2ccc3c(c2)OCCO3)s1. The normalized spacial score (nSPS) is 18.1. The summed E-state index contributed by atoms with van der Waals surface area (Å²) in [5.41, 5.74) is 2.22. The zero-order valence-electron chi connectivity index (χ0n) is 16.3. The van der Waals surface area contributed by atoms with Gasteiger partial charge in [0.1, 0.15) is 13.2 Å². The minimum Gasteiger partial charge on any atom is -0.486 e. The summed E-state index contributed by atoms with van der Waals surface area (Å²) < 4.78 is 13.1. The zero-order valence-corrected chi connectivity index (χ0v) is 18.7. The van der Waals surface area contributed by atoms with E-state index in [1.807, 2.05) is 30.0 Å². The zero-order chi connectivity index (χ0) is 20.2. The van der Waals surface area contributed by atoms with Gasteiger partial charge < -0.3 is 14.4 Å². The van der Waals surface area contributed by atoms with Crippen molar-refractivity contribution in [2.24, 2.45) is 0 Å². The third kappa shape index (κ3) is 5.07. The van der Waals surface area contributed by atoms with Crippen molar-refractivity contribution < 1.29 is 14.3 Å². The highest BCUT2D eigenvalue weighted by molar-refractivity contribution is 8.03. The fourth-order valence-corrected chi connectivity index (χ4v) is 6.13. The largest absolute Gasteiger partial charge is 0.486 e. The number of ether oxygens (including phenoxy) is 2. The maximum atomic E-state index is 12.9. The topological polar surface area (TPSA) is 64.6 Å². The molecule has 4 rings (SSSR count). The van der Waals surface area contributed by atoms with Gasteiger partial charge in [0.2, 0.25) is 5.91 Å². The van der Waals surface area contributed by atoms with Crippen molar-refractivity contribution in [1.82, 2.24) is 15.1 Å². The van der Waals surface area contributed by atoms with Crippen LogP contribution in [-0.4, -0.2) is 52.3 Å². The Morgan fingerprint density at radius 1 is 1.21 bits per heavy atom. The van der Waals surface area contributed by atoms with Crippen molar-refractivity contribution in [3.63, 3.8) is 0 Å². The molecule has 2 aliphatic rings. The van der Waals surface area contributed by atoms with E-state index in [2.05, 4.69) is 16.8 Å². The number of nitrogens with zero attached hydrogens (tertiary/aromatic N) is 3. The molecule has 29 heavy (non-hydrogen) atoms. The predicted molar refractivity (Wildman–Crippen MR) is 117 cm³/mol. The molecule has 1 aromatic heterocycles. The Kier molecular flexibility index (Phi) is 6.67. The van der Waals surface area contributed by atoms with E-state index in [0.29, 0.717) is 19.0 Å². The van der Waals surface area contributed by atoms with E-state index < -0.39 is 0 Å². The van der Waals surface area contributed by atoms with Crippen LogP contribution in [0.2, 0.25) is 0 Å². The smallest absolute Gasteiger partial charge is 0.233 e. The van der Waals surface area contributed by atoms with Crippen molar-refractivity contribution >= 4 is 40.8 Å². The van der Waals surface area contributed by atoms with Crippen LogP contribution in [0.15, 0.2) is 39.0 Å². The van der Waals surface area contributed by atoms with Crippen molar-refractivity contribution in [2.45, 2.75) is 34.5 Å². The van der Waals surface area contributed by atoms with Gasteiger partial charge in [-0.05, 0) is 37.5 Å². The maximum absolute atomic E-state index is 12.9. The van der Waals surface area contributed by atoms with E-state index in [4.69, 9.17) is 9.47 Å². The van der Waals surface area contributed by atoms with Crippen molar-refractivity contribution in [3.8, 4) is 11.5 Å². The number of fused-ring (bicyclic) bond motifs is 1. The molecule has 0 bridgehead atoms. The Hall–Kier alpha value is -1.71. The van der Waals surface area contributed by atoms with Gasteiger partial charge in [0.25, 0.3) is 0 Å². The Balaban J connectivity index is 1.36. The summed E-state index contributed by atoms with van der Waals surface area (Å²) in [7, 11) is 0. The molecule has 2 aliphatic heterocycles. The van der Waals surface area contributed by atoms with Crippen LogP contribution in [0, 0.1) is 0 Å². The predicted octanol–water partition coefficient (Wildman–Crippen LogP) is 4.43. The molecule has 9 heteroatoms. The summed E-state index contributed by atoms with van der Waals surface area (Å²) in [5, 5.41) is 8.38. The van der Waals surface area contributed by atoms with Gasteiger partial charge in [0.15, 0.2) is 20.2 Å². The van der Waals surface area contributed by atoms with E-state index in [0.717, 1.165) is 56.5 Å². The molecule has 6 nitrogen and oxygen atoms in total. The third-order valence-corrected chi connectivity index (χ3v) is 8.08. The summed E-state index contributed by atoms with van der Waals surface area (Å²) in [4.78, 5) is 14.9. The average Bonchev–Trinajstić information content (AvgIpc) is 3.40. The maximum Gasteiger partial charge on any atom is 0.233 e. The Morgan fingerprint density at radius 3 is 2.69 bits per heavy atom. The molecule has 0 saturated carbocycles. The lowest BCUT2D eigenvalue weighted by Crippen LogP contribution is -2.32. The van der Waals surface area contributed by atoms with Crippen LogP contribution < -0.4 is 9.47 Å². The van der Waals surface area contributed by atoms with Gasteiger partial charge in [-0.3, -0.25) is 4.79 Å². The second-order valence-corrected chi connectivity index (χ2v) is 10.4. The van der Waals surface area contributed by atoms with Crippen molar-refractivity contribution in [2.75, 3.05) is 31.3 Å². The van der Waals surface area contributed by atoms with E-state index >= 15 is 0 Å². The van der Waals surface area contributed by atoms with Gasteiger partial charge in [-0.15, -0.1) is 10.2 Å². The number of benzene rings is 1. The first kappa shape index (κ1) is 20.6. The molecule has 0 radical (unpaired) electrons. The molecule has 154 valence electrons. The number of thioether (sulfide) groups is 2. The number of hydrogen-bond donors (Lipinski definition) is 0. The van der Waals surface area contributed by atoms with Crippen molar-refractivity contribution in [1.29, 1.82) is 0 Å². The molecule has 0 spiro atoms. The molecule has 1 amide bonds. The third-order valence-electron chi connectivity index (χ3n) is 4.67. The monoisotopic (exact) mass is 449 g/mol. The Bertz CT molecular complexity index is 902. The van der Waals surface area contributed by atoms with Crippen LogP contribution in [0.3, 0.4) is 0 Å². The molecule has 3 heterocycles. The molecule has 2 aromatic rings. The van der Waals surface area contributed by atoms with E-state index in [1.54, 1.807) is 11.8 Å². The van der Waals surface area contributed by atoms with Gasteiger partial charge >= 0.3 is 0 Å². The summed E-state index contributed by atoms with van der Waals surface area (Å²) in [6.07, 6.45) is 1.98. The molecule has 1 saturated heterocycles. The van der Waals surface area contributed by atoms with Crippen molar-refractivity contribution in [3.05, 3.63) is 35.9 Å². The van der Waals surface area contributed by atoms with Gasteiger partial charge in [-0.25, -0.2) is 0 Å². The molecule has 0 unspecified atom stereocenters. The summed E-state index contributed by atoms with van der Waals surface area (Å²) in [6, 6.07) is 6.11. The van der Waals surface area contributed by atoms with Gasteiger partial charge in [0.05, 0.1) is 11.8 Å². The second kappa shape index (κ2) is 9.40. The number of aromatic nitrogens is 2. The number of carbonyl (C=O) groups excluding carboxylic acids is 1. The molecular formula is C20H23N3O3S3. The lowest BCUT2D eigenvalue weighted by Gasteiger charge is -2.26. The Morgan fingerprint density at radius 2 is 1.93 bits per heavy atom. The number of amides is 1. The highest BCUT2D eigenvalue weighted by atomic mass is 32.2. The number of rotatable bonds is 7. The molecule has 0 aliphatic carbocycles. The van der Waals surface area contributed by atoms with Gasteiger partial charge in [0, 0.05) is 12.3 Å². The van der Waals surface area contributed by atoms with Gasteiger partial charge in [-0.2, -0.15) is 0 Å². The first-order chi connectivity index (χ1) is 14.1. The highest BCUT2D eigenvalue weighted by Crippen LogP contribution is 2.38. The van der Waals surface area contributed by atoms with E-state index in [9.17, 15) is 4.79 Å². The highest BCUT2D eigenvalue weighted by Gasteiger charge is 2.31. The standard InChI is InChI=1S/C20H23N3O3S3/c1-13(2)11-27-19-21-22-20(29-19)28-12-18(24)23-7-3-4-15(23)14-5-6-16-17(10-14)26-9-8-25-16/h5-6,10,15H,1,3-4,7-9,11-12H2,2H3/t15-/m1/s1. The number of hydrogen-bond acceptors (Lipinski definition) is 8. The molecule has 1 aromatic carbocycles. The van der Waals surface area contributed by atoms with Crippen LogP contribution in [0.5, 0.6) is 11.5 Å². The van der Waals surface area contributed by atoms with E-state index in [1.165, 1.54) is 23.1 Å². The molecule has 0 N–H and O–H groups in total. The average molecular weight is 450 g/mol. The first-order valence-corrected chi connectivity index (χ1v) is 12.3. The van der Waals surface area contributed by atoms with Crippen LogP contribution in [-0.2, 0) is 4.79 Å². The number of carbonyl (C=O) groups is 1. The van der Waals surface area contributed by atoms with Crippen LogP contribution in [0.1, 0.15) is 31.4 Å².